The van der Waals surface area contributed by atoms with Gasteiger partial charge in [-0.25, -0.2) is 4.98 Å². The van der Waals surface area contributed by atoms with Gasteiger partial charge in [0, 0.05) is 36.4 Å². The van der Waals surface area contributed by atoms with Gasteiger partial charge in [-0.05, 0) is 31.2 Å². The zero-order valence-electron chi connectivity index (χ0n) is 17.2. The van der Waals surface area contributed by atoms with Gasteiger partial charge in [-0.2, -0.15) is 0 Å². The van der Waals surface area contributed by atoms with E-state index < -0.39 is 0 Å². The van der Waals surface area contributed by atoms with Crippen molar-refractivity contribution >= 4 is 46.4 Å². The van der Waals surface area contributed by atoms with Crippen LogP contribution in [0.4, 0.5) is 5.69 Å². The summed E-state index contributed by atoms with van der Waals surface area (Å²) in [5.74, 6) is -0.0231. The quantitative estimate of drug-likeness (QED) is 0.511. The van der Waals surface area contributed by atoms with Gasteiger partial charge in [0.05, 0.1) is 22.9 Å². The van der Waals surface area contributed by atoms with Crippen molar-refractivity contribution in [1.29, 1.82) is 0 Å². The van der Waals surface area contributed by atoms with Crippen LogP contribution in [0.15, 0.2) is 49.3 Å². The molecule has 0 saturated carbocycles. The van der Waals surface area contributed by atoms with Gasteiger partial charge >= 0.3 is 0 Å². The Bertz CT molecular complexity index is 1140. The molecule has 9 heteroatoms. The fraction of sp³-hybridized carbons (Fsp3) is 0.227. The minimum Gasteiger partial charge on any atom is -0.485 e. The SMILES string of the molecule is C=CCC(=O)NCC(=O)N(C)c1ccc(Cl)c(COc2cccn3cc(C)nc23)c1Cl. The van der Waals surface area contributed by atoms with E-state index in [9.17, 15) is 9.59 Å². The van der Waals surface area contributed by atoms with Crippen LogP contribution in [0, 0.1) is 6.92 Å². The second kappa shape index (κ2) is 9.85. The predicted octanol–water partition coefficient (Wildman–Crippen LogP) is 4.18. The molecule has 2 amide bonds. The first kappa shape index (κ1) is 22.7. The third kappa shape index (κ3) is 5.18. The zero-order valence-corrected chi connectivity index (χ0v) is 18.7. The Hall–Kier alpha value is -3.03. The molecule has 0 spiro atoms. The largest absolute Gasteiger partial charge is 0.485 e. The van der Waals surface area contributed by atoms with Crippen molar-refractivity contribution in [3.63, 3.8) is 0 Å². The molecular formula is C22H22Cl2N4O3. The number of aromatic nitrogens is 2. The second-order valence-electron chi connectivity index (χ2n) is 6.86. The minimum absolute atomic E-state index is 0.0924. The van der Waals surface area contributed by atoms with Crippen LogP contribution in [0.25, 0.3) is 5.65 Å². The van der Waals surface area contributed by atoms with E-state index in [0.717, 1.165) is 5.69 Å². The first-order chi connectivity index (χ1) is 14.8. The first-order valence-electron chi connectivity index (χ1n) is 9.50. The van der Waals surface area contributed by atoms with Gasteiger partial charge in [0.2, 0.25) is 11.8 Å². The van der Waals surface area contributed by atoms with Gasteiger partial charge in [-0.15, -0.1) is 6.58 Å². The molecule has 0 unspecified atom stereocenters. The number of nitrogens with one attached hydrogen (secondary N) is 1. The number of aryl methyl sites for hydroxylation is 1. The van der Waals surface area contributed by atoms with E-state index in [0.29, 0.717) is 32.7 Å². The van der Waals surface area contributed by atoms with Gasteiger partial charge in [0.15, 0.2) is 11.4 Å². The van der Waals surface area contributed by atoms with E-state index in [1.165, 1.54) is 11.0 Å². The molecule has 0 aliphatic heterocycles. The number of fused-ring (bicyclic) bond motifs is 1. The molecule has 7 nitrogen and oxygen atoms in total. The van der Waals surface area contributed by atoms with Crippen LogP contribution in [0.2, 0.25) is 10.0 Å². The van der Waals surface area contributed by atoms with Crippen LogP contribution in [-0.4, -0.2) is 34.8 Å². The molecule has 0 aliphatic carbocycles. The van der Waals surface area contributed by atoms with Gasteiger partial charge in [-0.3, -0.25) is 9.59 Å². The van der Waals surface area contributed by atoms with Crippen LogP contribution in [0.5, 0.6) is 5.75 Å². The molecule has 1 N–H and O–H groups in total. The summed E-state index contributed by atoms with van der Waals surface area (Å²) in [7, 11) is 1.58. The average molecular weight is 461 g/mol. The number of anilines is 1. The molecule has 0 aliphatic rings. The molecule has 3 rings (SSSR count). The standard InChI is InChI=1S/C22H22Cl2N4O3/c1-4-6-19(29)25-11-20(30)27(3)17-9-8-16(23)15(21(17)24)13-31-18-7-5-10-28-12-14(2)26-22(18)28/h4-5,7-10,12H,1,6,11,13H2,2-3H3,(H,25,29). The number of rotatable bonds is 8. The summed E-state index contributed by atoms with van der Waals surface area (Å²) in [6.45, 7) is 5.33. The summed E-state index contributed by atoms with van der Waals surface area (Å²) in [6.07, 6.45) is 5.40. The van der Waals surface area contributed by atoms with E-state index in [1.54, 1.807) is 19.2 Å². The number of amides is 2. The highest BCUT2D eigenvalue weighted by atomic mass is 35.5. The van der Waals surface area contributed by atoms with Crippen molar-refractivity contribution in [2.24, 2.45) is 0 Å². The minimum atomic E-state index is -0.328. The zero-order chi connectivity index (χ0) is 22.5. The second-order valence-corrected chi connectivity index (χ2v) is 7.64. The molecule has 31 heavy (non-hydrogen) atoms. The van der Waals surface area contributed by atoms with Gasteiger partial charge in [0.25, 0.3) is 0 Å². The lowest BCUT2D eigenvalue weighted by molar-refractivity contribution is -0.124. The molecule has 0 saturated heterocycles. The Morgan fingerprint density at radius 1 is 1.32 bits per heavy atom. The third-order valence-electron chi connectivity index (χ3n) is 4.61. The number of imidazole rings is 1. The van der Waals surface area contributed by atoms with Crippen LogP contribution >= 0.6 is 23.2 Å². The number of carbonyl (C=O) groups excluding carboxylic acids is 2. The van der Waals surface area contributed by atoms with Crippen molar-refractivity contribution in [2.45, 2.75) is 20.0 Å². The molecule has 0 radical (unpaired) electrons. The maximum Gasteiger partial charge on any atom is 0.246 e. The molecular weight excluding hydrogens is 439 g/mol. The van der Waals surface area contributed by atoms with Crippen LogP contribution in [0.1, 0.15) is 17.7 Å². The van der Waals surface area contributed by atoms with Crippen LogP contribution in [0.3, 0.4) is 0 Å². The number of likely N-dealkylation sites (N-methyl/N-ethyl adjacent to an activating group) is 1. The highest BCUT2D eigenvalue weighted by Crippen LogP contribution is 2.35. The van der Waals surface area contributed by atoms with E-state index in [2.05, 4.69) is 16.9 Å². The summed E-state index contributed by atoms with van der Waals surface area (Å²) < 4.78 is 7.83. The van der Waals surface area contributed by atoms with Crippen molar-refractivity contribution in [1.82, 2.24) is 14.7 Å². The molecule has 3 aromatic rings. The van der Waals surface area contributed by atoms with E-state index in [4.69, 9.17) is 27.9 Å². The molecule has 0 fully saturated rings. The number of carbonyl (C=O) groups is 2. The Morgan fingerprint density at radius 3 is 2.84 bits per heavy atom. The Kier molecular flexibility index (Phi) is 7.20. The lowest BCUT2D eigenvalue weighted by Gasteiger charge is -2.21. The van der Waals surface area contributed by atoms with Gasteiger partial charge in [0.1, 0.15) is 6.61 Å². The molecule has 2 aromatic heterocycles. The van der Waals surface area contributed by atoms with Crippen molar-refractivity contribution in [3.05, 3.63) is 70.6 Å². The first-order valence-corrected chi connectivity index (χ1v) is 10.3. The van der Waals surface area contributed by atoms with Gasteiger partial charge in [-0.1, -0.05) is 29.3 Å². The summed E-state index contributed by atoms with van der Waals surface area (Å²) in [5, 5.41) is 3.26. The summed E-state index contributed by atoms with van der Waals surface area (Å²) in [6, 6.07) is 6.98. The maximum atomic E-state index is 12.5. The Labute approximate surface area is 190 Å². The normalized spacial score (nSPS) is 10.7. The predicted molar refractivity (Wildman–Crippen MR) is 122 cm³/mol. The number of pyridine rings is 1. The lowest BCUT2D eigenvalue weighted by atomic mass is 10.2. The number of halogens is 2. The Morgan fingerprint density at radius 2 is 2.10 bits per heavy atom. The molecule has 2 heterocycles. The lowest BCUT2D eigenvalue weighted by Crippen LogP contribution is -2.38. The van der Waals surface area contributed by atoms with Crippen LogP contribution < -0.4 is 15.0 Å². The van der Waals surface area contributed by atoms with Crippen molar-refractivity contribution in [2.75, 3.05) is 18.5 Å². The number of hydrogen-bond acceptors (Lipinski definition) is 4. The summed E-state index contributed by atoms with van der Waals surface area (Å²) in [5.41, 5.74) is 2.56. The molecule has 1 aromatic carbocycles. The van der Waals surface area contributed by atoms with Crippen molar-refractivity contribution < 1.29 is 14.3 Å². The number of nitrogens with zero attached hydrogens (tertiary/aromatic N) is 3. The maximum absolute atomic E-state index is 12.5. The highest BCUT2D eigenvalue weighted by molar-refractivity contribution is 6.38. The van der Waals surface area contributed by atoms with Crippen molar-refractivity contribution in [3.8, 4) is 5.75 Å². The van der Waals surface area contributed by atoms with Gasteiger partial charge < -0.3 is 19.4 Å². The average Bonchev–Trinajstić information content (AvgIpc) is 3.12. The fourth-order valence-electron chi connectivity index (χ4n) is 2.98. The fourth-order valence-corrected chi connectivity index (χ4v) is 3.59. The van der Waals surface area contributed by atoms with Crippen LogP contribution in [-0.2, 0) is 16.2 Å². The number of hydrogen-bond donors (Lipinski definition) is 1. The molecule has 0 bridgehead atoms. The monoisotopic (exact) mass is 460 g/mol. The topological polar surface area (TPSA) is 75.9 Å². The summed E-state index contributed by atoms with van der Waals surface area (Å²) >= 11 is 12.9. The highest BCUT2D eigenvalue weighted by Gasteiger charge is 2.19. The van der Waals surface area contributed by atoms with E-state index >= 15 is 0 Å². The molecule has 162 valence electrons. The summed E-state index contributed by atoms with van der Waals surface area (Å²) in [4.78, 5) is 29.9. The molecule has 0 atom stereocenters. The Balaban J connectivity index is 1.77. The van der Waals surface area contributed by atoms with E-state index in [-0.39, 0.29) is 31.4 Å². The van der Waals surface area contributed by atoms with E-state index in [1.807, 2.05) is 35.9 Å². The number of benzene rings is 1. The smallest absolute Gasteiger partial charge is 0.246 e. The third-order valence-corrected chi connectivity index (χ3v) is 5.38. The number of ether oxygens (including phenoxy) is 1.